The predicted octanol–water partition coefficient (Wildman–Crippen LogP) is 4.26. The van der Waals surface area contributed by atoms with Crippen molar-refractivity contribution >= 4 is 11.9 Å². The summed E-state index contributed by atoms with van der Waals surface area (Å²) in [5.74, 6) is -0.145. The summed E-state index contributed by atoms with van der Waals surface area (Å²) < 4.78 is 10.5. The molecular weight excluding hydrogens is 268 g/mol. The van der Waals surface area contributed by atoms with Crippen LogP contribution in [-0.2, 0) is 19.1 Å². The molecular formula is C17H32O4. The third kappa shape index (κ3) is 12.4. The summed E-state index contributed by atoms with van der Waals surface area (Å²) in [5, 5.41) is 0. The van der Waals surface area contributed by atoms with Crippen molar-refractivity contribution in [1.82, 2.24) is 0 Å². The van der Waals surface area contributed by atoms with E-state index in [1.165, 1.54) is 0 Å². The number of hydrogen-bond donors (Lipinski definition) is 0. The van der Waals surface area contributed by atoms with Gasteiger partial charge in [-0.2, -0.15) is 0 Å². The van der Waals surface area contributed by atoms with Crippen molar-refractivity contribution in [2.75, 3.05) is 0 Å². The topological polar surface area (TPSA) is 52.6 Å². The van der Waals surface area contributed by atoms with E-state index in [4.69, 9.17) is 9.47 Å². The van der Waals surface area contributed by atoms with Crippen molar-refractivity contribution in [2.45, 2.75) is 91.8 Å². The lowest BCUT2D eigenvalue weighted by Gasteiger charge is -2.15. The second kappa shape index (κ2) is 11.6. The van der Waals surface area contributed by atoms with Crippen LogP contribution in [0.4, 0.5) is 0 Å². The third-order valence-electron chi connectivity index (χ3n) is 3.22. The number of rotatable bonds is 11. The Morgan fingerprint density at radius 1 is 0.857 bits per heavy atom. The molecule has 2 unspecified atom stereocenters. The van der Waals surface area contributed by atoms with Gasteiger partial charge in [0.1, 0.15) is 0 Å². The van der Waals surface area contributed by atoms with Gasteiger partial charge in [0.25, 0.3) is 0 Å². The molecule has 0 bridgehead atoms. The van der Waals surface area contributed by atoms with E-state index in [2.05, 4.69) is 20.8 Å². The van der Waals surface area contributed by atoms with Crippen molar-refractivity contribution in [3.8, 4) is 0 Å². The van der Waals surface area contributed by atoms with Gasteiger partial charge >= 0.3 is 11.9 Å². The van der Waals surface area contributed by atoms with Gasteiger partial charge in [0.15, 0.2) is 0 Å². The van der Waals surface area contributed by atoms with Crippen LogP contribution < -0.4 is 0 Å². The van der Waals surface area contributed by atoms with Gasteiger partial charge in [-0.1, -0.05) is 33.6 Å². The molecule has 0 amide bonds. The zero-order valence-corrected chi connectivity index (χ0v) is 14.3. The van der Waals surface area contributed by atoms with Gasteiger partial charge in [-0.05, 0) is 39.0 Å². The summed E-state index contributed by atoms with van der Waals surface area (Å²) in [6, 6.07) is 0. The normalized spacial score (nSPS) is 13.8. The smallest absolute Gasteiger partial charge is 0.306 e. The van der Waals surface area contributed by atoms with Gasteiger partial charge in [-0.15, -0.1) is 0 Å². The van der Waals surface area contributed by atoms with Crippen molar-refractivity contribution in [1.29, 1.82) is 0 Å². The zero-order valence-electron chi connectivity index (χ0n) is 14.3. The van der Waals surface area contributed by atoms with E-state index < -0.39 is 0 Å². The van der Waals surface area contributed by atoms with Gasteiger partial charge in [-0.3, -0.25) is 9.59 Å². The summed E-state index contributed by atoms with van der Waals surface area (Å²) in [6.45, 7) is 10.1. The second-order valence-electron chi connectivity index (χ2n) is 6.23. The fourth-order valence-corrected chi connectivity index (χ4v) is 2.22. The van der Waals surface area contributed by atoms with Gasteiger partial charge in [-0.25, -0.2) is 0 Å². The Morgan fingerprint density at radius 2 is 1.38 bits per heavy atom. The number of hydrogen-bond acceptors (Lipinski definition) is 4. The maximum absolute atomic E-state index is 11.6. The molecule has 4 heteroatoms. The summed E-state index contributed by atoms with van der Waals surface area (Å²) in [6.07, 6.45) is 5.14. The molecule has 0 aromatic heterocycles. The van der Waals surface area contributed by atoms with Crippen LogP contribution in [0.2, 0.25) is 0 Å². The van der Waals surface area contributed by atoms with Crippen LogP contribution in [-0.4, -0.2) is 24.1 Å². The lowest BCUT2D eigenvalue weighted by molar-refractivity contribution is -0.155. The van der Waals surface area contributed by atoms with E-state index in [0.29, 0.717) is 5.92 Å². The van der Waals surface area contributed by atoms with E-state index in [-0.39, 0.29) is 37.0 Å². The van der Waals surface area contributed by atoms with Crippen molar-refractivity contribution in [3.63, 3.8) is 0 Å². The Morgan fingerprint density at radius 3 is 1.86 bits per heavy atom. The van der Waals surface area contributed by atoms with Crippen molar-refractivity contribution < 1.29 is 19.1 Å². The molecule has 21 heavy (non-hydrogen) atoms. The molecule has 0 aliphatic rings. The molecule has 0 aromatic carbocycles. The van der Waals surface area contributed by atoms with E-state index >= 15 is 0 Å². The van der Waals surface area contributed by atoms with Crippen LogP contribution in [0, 0.1) is 5.92 Å². The first kappa shape index (κ1) is 19.9. The Labute approximate surface area is 129 Å². The van der Waals surface area contributed by atoms with E-state index in [1.54, 1.807) is 0 Å². The first-order chi connectivity index (χ1) is 9.85. The van der Waals surface area contributed by atoms with E-state index in [1.807, 2.05) is 13.8 Å². The van der Waals surface area contributed by atoms with Crippen molar-refractivity contribution in [3.05, 3.63) is 0 Å². The number of carbonyl (C=O) groups is 2. The largest absolute Gasteiger partial charge is 0.463 e. The van der Waals surface area contributed by atoms with Crippen LogP contribution >= 0.6 is 0 Å². The number of esters is 2. The second-order valence-corrected chi connectivity index (χ2v) is 6.23. The molecule has 0 radical (unpaired) electrons. The van der Waals surface area contributed by atoms with Gasteiger partial charge in [0, 0.05) is 0 Å². The third-order valence-corrected chi connectivity index (χ3v) is 3.22. The fourth-order valence-electron chi connectivity index (χ4n) is 2.22. The maximum Gasteiger partial charge on any atom is 0.306 e. The molecule has 0 heterocycles. The minimum Gasteiger partial charge on any atom is -0.463 e. The highest BCUT2D eigenvalue weighted by Gasteiger charge is 2.15. The Kier molecular flexibility index (Phi) is 11.0. The SMILES string of the molecule is CCCCCC(C)OC(=O)CCC(=O)OC(C)CC(C)C. The highest BCUT2D eigenvalue weighted by Crippen LogP contribution is 2.10. The molecule has 4 nitrogen and oxygen atoms in total. The molecule has 0 N–H and O–H groups in total. The lowest BCUT2D eigenvalue weighted by Crippen LogP contribution is -2.19. The minimum absolute atomic E-state index is 0.0695. The Hall–Kier alpha value is -1.06. The van der Waals surface area contributed by atoms with Crippen LogP contribution in [0.3, 0.4) is 0 Å². The quantitative estimate of drug-likeness (QED) is 0.422. The molecule has 0 aliphatic carbocycles. The predicted molar refractivity (Wildman–Crippen MR) is 83.9 cm³/mol. The lowest BCUT2D eigenvalue weighted by atomic mass is 10.1. The molecule has 0 saturated heterocycles. The minimum atomic E-state index is -0.321. The van der Waals surface area contributed by atoms with Gasteiger partial charge < -0.3 is 9.47 Å². The first-order valence-corrected chi connectivity index (χ1v) is 8.24. The van der Waals surface area contributed by atoms with Gasteiger partial charge in [0.05, 0.1) is 25.0 Å². The Balaban J connectivity index is 3.79. The maximum atomic E-state index is 11.6. The van der Waals surface area contributed by atoms with E-state index in [9.17, 15) is 9.59 Å². The number of unbranched alkanes of at least 4 members (excludes halogenated alkanes) is 2. The molecule has 0 fully saturated rings. The fraction of sp³-hybridized carbons (Fsp3) is 0.882. The van der Waals surface area contributed by atoms with Crippen LogP contribution in [0.1, 0.15) is 79.6 Å². The molecule has 2 atom stereocenters. The molecule has 124 valence electrons. The van der Waals surface area contributed by atoms with Gasteiger partial charge in [0.2, 0.25) is 0 Å². The van der Waals surface area contributed by atoms with Crippen LogP contribution in [0.25, 0.3) is 0 Å². The zero-order chi connectivity index (χ0) is 16.3. The average molecular weight is 300 g/mol. The highest BCUT2D eigenvalue weighted by atomic mass is 16.5. The first-order valence-electron chi connectivity index (χ1n) is 8.24. The van der Waals surface area contributed by atoms with Crippen LogP contribution in [0.15, 0.2) is 0 Å². The summed E-state index contributed by atoms with van der Waals surface area (Å²) in [7, 11) is 0. The molecule has 0 aliphatic heterocycles. The Bertz CT molecular complexity index is 299. The summed E-state index contributed by atoms with van der Waals surface area (Å²) >= 11 is 0. The molecule has 0 saturated carbocycles. The average Bonchev–Trinajstić information content (AvgIpc) is 2.35. The van der Waals surface area contributed by atoms with Crippen molar-refractivity contribution in [2.24, 2.45) is 5.92 Å². The molecule has 0 spiro atoms. The van der Waals surface area contributed by atoms with E-state index in [0.717, 1.165) is 32.1 Å². The van der Waals surface area contributed by atoms with Crippen LogP contribution in [0.5, 0.6) is 0 Å². The monoisotopic (exact) mass is 300 g/mol. The molecule has 0 rings (SSSR count). The standard InChI is InChI=1S/C17H32O4/c1-6-7-8-9-14(4)20-16(18)10-11-17(19)21-15(5)12-13(2)3/h13-15H,6-12H2,1-5H3. The molecule has 0 aromatic rings. The number of ether oxygens (including phenoxy) is 2. The summed E-state index contributed by atoms with van der Waals surface area (Å²) in [5.41, 5.74) is 0. The summed E-state index contributed by atoms with van der Waals surface area (Å²) in [4.78, 5) is 23.2. The highest BCUT2D eigenvalue weighted by molar-refractivity contribution is 5.77. The number of carbonyl (C=O) groups excluding carboxylic acids is 2.